The van der Waals surface area contributed by atoms with Crippen LogP contribution >= 0.6 is 14.7 Å². The van der Waals surface area contributed by atoms with Crippen molar-refractivity contribution in [3.05, 3.63) is 0 Å². The third-order valence-electron chi connectivity index (χ3n) is 8.50. The Kier molecular flexibility index (Phi) is 11.3. The first-order valence-corrected chi connectivity index (χ1v) is 17.5. The molecule has 4 fully saturated rings. The molecule has 0 spiro atoms. The molecule has 0 aliphatic heterocycles. The van der Waals surface area contributed by atoms with Gasteiger partial charge in [0.25, 0.3) is 0 Å². The molecule has 0 aromatic heterocycles. The molecular weight excluding hydrogens is 438 g/mol. The van der Waals surface area contributed by atoms with E-state index in [1.54, 1.807) is 0 Å². The maximum Gasteiger partial charge on any atom is 0.209 e. The SMILES string of the molecule is CCOP(=O)(C1CCCC1)C1CCCC1.CCOP(=O)(C1CCCCC1)C1CCCCC1. The summed E-state index contributed by atoms with van der Waals surface area (Å²) in [5.74, 6) is 0. The van der Waals surface area contributed by atoms with Crippen LogP contribution in [0.2, 0.25) is 0 Å². The summed E-state index contributed by atoms with van der Waals surface area (Å²) in [5, 5.41) is 0. The van der Waals surface area contributed by atoms with E-state index in [9.17, 15) is 9.13 Å². The Labute approximate surface area is 198 Å². The predicted molar refractivity (Wildman–Crippen MR) is 137 cm³/mol. The van der Waals surface area contributed by atoms with E-state index in [1.165, 1.54) is 64.2 Å². The number of hydrogen-bond donors (Lipinski definition) is 0. The fraction of sp³-hybridized carbons (Fsp3) is 1.00. The highest BCUT2D eigenvalue weighted by Gasteiger charge is 2.44. The van der Waals surface area contributed by atoms with Crippen LogP contribution in [0.15, 0.2) is 0 Å². The minimum atomic E-state index is -2.37. The monoisotopic (exact) mass is 488 g/mol. The van der Waals surface area contributed by atoms with Gasteiger partial charge in [0.15, 0.2) is 0 Å². The van der Waals surface area contributed by atoms with Crippen molar-refractivity contribution in [3.8, 4) is 0 Å². The minimum absolute atomic E-state index is 0.388. The summed E-state index contributed by atoms with van der Waals surface area (Å²) in [4.78, 5) is 0. The standard InChI is InChI=1S/C14H27O2P.C12H23O2P/c1-2-16-17(15,13-9-5-3-6-10-13)14-11-7-4-8-12-14;1-2-14-15(13,11-7-3-4-8-11)12-9-5-6-10-12/h13-14H,2-12H2,1H3;11-12H,2-10H2,1H3. The van der Waals surface area contributed by atoms with E-state index < -0.39 is 14.7 Å². The van der Waals surface area contributed by atoms with Gasteiger partial charge in [-0.25, -0.2) is 0 Å². The highest BCUT2D eigenvalue weighted by atomic mass is 31.2. The van der Waals surface area contributed by atoms with Crippen LogP contribution in [0.25, 0.3) is 0 Å². The van der Waals surface area contributed by atoms with Crippen molar-refractivity contribution in [2.24, 2.45) is 0 Å². The molecule has 0 amide bonds. The van der Waals surface area contributed by atoms with Crippen LogP contribution in [0, 0.1) is 0 Å². The molecule has 0 heterocycles. The third kappa shape index (κ3) is 6.74. The van der Waals surface area contributed by atoms with Gasteiger partial charge in [-0.3, -0.25) is 9.13 Å². The average Bonchev–Trinajstić information content (AvgIpc) is 3.56. The molecule has 0 N–H and O–H groups in total. The van der Waals surface area contributed by atoms with Crippen molar-refractivity contribution < 1.29 is 18.2 Å². The summed E-state index contributed by atoms with van der Waals surface area (Å²) in [7, 11) is -4.68. The summed E-state index contributed by atoms with van der Waals surface area (Å²) >= 11 is 0. The second-order valence-corrected chi connectivity index (χ2v) is 16.6. The summed E-state index contributed by atoms with van der Waals surface area (Å²) in [6, 6.07) is 0. The molecule has 32 heavy (non-hydrogen) atoms. The molecule has 4 rings (SSSR count). The molecule has 0 aromatic rings. The highest BCUT2D eigenvalue weighted by molar-refractivity contribution is 7.60. The van der Waals surface area contributed by atoms with Crippen molar-refractivity contribution in [2.45, 2.75) is 152 Å². The first-order chi connectivity index (χ1) is 15.5. The van der Waals surface area contributed by atoms with Crippen molar-refractivity contribution in [1.82, 2.24) is 0 Å². The maximum absolute atomic E-state index is 13.3. The lowest BCUT2D eigenvalue weighted by Gasteiger charge is -2.37. The minimum Gasteiger partial charge on any atom is -0.328 e. The molecule has 6 heteroatoms. The summed E-state index contributed by atoms with van der Waals surface area (Å²) < 4.78 is 37.9. The Bertz CT molecular complexity index is 571. The Morgan fingerprint density at radius 2 is 0.688 bits per heavy atom. The molecule has 0 bridgehead atoms. The lowest BCUT2D eigenvalue weighted by molar-refractivity contribution is 0.296. The first-order valence-electron chi connectivity index (χ1n) is 14.0. The van der Waals surface area contributed by atoms with E-state index in [-0.39, 0.29) is 0 Å². The van der Waals surface area contributed by atoms with Crippen molar-refractivity contribution in [2.75, 3.05) is 13.2 Å². The Morgan fingerprint density at radius 1 is 0.469 bits per heavy atom. The normalized spacial score (nSPS) is 25.1. The van der Waals surface area contributed by atoms with Crippen LogP contribution in [0.3, 0.4) is 0 Å². The predicted octanol–water partition coefficient (Wildman–Crippen LogP) is 9.15. The Balaban J connectivity index is 0.000000182. The van der Waals surface area contributed by atoms with E-state index in [0.29, 0.717) is 35.8 Å². The van der Waals surface area contributed by atoms with Crippen molar-refractivity contribution >= 4 is 14.7 Å². The van der Waals surface area contributed by atoms with Gasteiger partial charge < -0.3 is 9.05 Å². The van der Waals surface area contributed by atoms with Crippen LogP contribution in [0.4, 0.5) is 0 Å². The topological polar surface area (TPSA) is 52.6 Å². The zero-order valence-corrected chi connectivity index (χ0v) is 22.8. The zero-order chi connectivity index (χ0) is 22.9. The zero-order valence-electron chi connectivity index (χ0n) is 21.0. The molecule has 0 unspecified atom stereocenters. The molecule has 4 nitrogen and oxygen atoms in total. The van der Waals surface area contributed by atoms with Gasteiger partial charge in [-0.15, -0.1) is 0 Å². The molecule has 188 valence electrons. The van der Waals surface area contributed by atoms with E-state index in [2.05, 4.69) is 0 Å². The van der Waals surface area contributed by atoms with Gasteiger partial charge in [-0.05, 0) is 65.2 Å². The quantitative estimate of drug-likeness (QED) is 0.320. The molecule has 0 radical (unpaired) electrons. The van der Waals surface area contributed by atoms with E-state index in [1.807, 2.05) is 13.8 Å². The van der Waals surface area contributed by atoms with E-state index in [0.717, 1.165) is 51.4 Å². The van der Waals surface area contributed by atoms with Crippen LogP contribution < -0.4 is 0 Å². The van der Waals surface area contributed by atoms with Gasteiger partial charge in [0.05, 0.1) is 13.2 Å². The van der Waals surface area contributed by atoms with Gasteiger partial charge in [-0.2, -0.15) is 0 Å². The van der Waals surface area contributed by atoms with Crippen LogP contribution in [-0.2, 0) is 18.2 Å². The maximum atomic E-state index is 13.3. The Morgan fingerprint density at radius 3 is 0.906 bits per heavy atom. The molecule has 0 atom stereocenters. The van der Waals surface area contributed by atoms with Gasteiger partial charge in [0, 0.05) is 22.6 Å². The second kappa shape index (κ2) is 13.5. The average molecular weight is 489 g/mol. The molecule has 4 saturated carbocycles. The smallest absolute Gasteiger partial charge is 0.209 e. The second-order valence-electron chi connectivity index (χ2n) is 10.6. The first kappa shape index (κ1) is 27.0. The van der Waals surface area contributed by atoms with Gasteiger partial charge in [0.1, 0.15) is 0 Å². The van der Waals surface area contributed by atoms with Crippen molar-refractivity contribution in [1.29, 1.82) is 0 Å². The number of hydrogen-bond acceptors (Lipinski definition) is 4. The highest BCUT2D eigenvalue weighted by Crippen LogP contribution is 2.65. The van der Waals surface area contributed by atoms with Crippen LogP contribution in [0.1, 0.15) is 129 Å². The molecule has 4 aliphatic rings. The van der Waals surface area contributed by atoms with E-state index >= 15 is 0 Å². The molecule has 4 aliphatic carbocycles. The lowest BCUT2D eigenvalue weighted by Crippen LogP contribution is -2.24. The number of rotatable bonds is 8. The summed E-state index contributed by atoms with van der Waals surface area (Å²) in [6.07, 6.45) is 21.9. The fourth-order valence-electron chi connectivity index (χ4n) is 6.83. The largest absolute Gasteiger partial charge is 0.328 e. The fourth-order valence-corrected chi connectivity index (χ4v) is 14.0. The Hall–Kier alpha value is 0.380. The molecular formula is C26H50O4P2. The van der Waals surface area contributed by atoms with Gasteiger partial charge in [0.2, 0.25) is 14.7 Å². The lowest BCUT2D eigenvalue weighted by atomic mass is 10.00. The van der Waals surface area contributed by atoms with Crippen LogP contribution in [0.5, 0.6) is 0 Å². The van der Waals surface area contributed by atoms with E-state index in [4.69, 9.17) is 9.05 Å². The van der Waals surface area contributed by atoms with Gasteiger partial charge in [-0.1, -0.05) is 64.2 Å². The van der Waals surface area contributed by atoms with Crippen molar-refractivity contribution in [3.63, 3.8) is 0 Å². The molecule has 0 saturated heterocycles. The van der Waals surface area contributed by atoms with Gasteiger partial charge >= 0.3 is 0 Å². The third-order valence-corrected chi connectivity index (χ3v) is 16.0. The van der Waals surface area contributed by atoms with Crippen LogP contribution in [-0.4, -0.2) is 35.8 Å². The summed E-state index contributed by atoms with van der Waals surface area (Å²) in [5.41, 5.74) is 1.58. The molecule has 0 aromatic carbocycles. The summed E-state index contributed by atoms with van der Waals surface area (Å²) in [6.45, 7) is 5.24.